The van der Waals surface area contributed by atoms with Gasteiger partial charge in [-0.25, -0.2) is 13.1 Å². The minimum absolute atomic E-state index is 0.0514. The summed E-state index contributed by atoms with van der Waals surface area (Å²) < 4.78 is 31.5. The van der Waals surface area contributed by atoms with Gasteiger partial charge in [0, 0.05) is 13.2 Å². The maximum atomic E-state index is 12.0. The summed E-state index contributed by atoms with van der Waals surface area (Å²) in [5.74, 6) is 0.539. The molecule has 1 rings (SSSR count). The Labute approximate surface area is 108 Å². The first kappa shape index (κ1) is 14.9. The van der Waals surface area contributed by atoms with Gasteiger partial charge in [-0.1, -0.05) is 6.92 Å². The number of aryl methyl sites for hydroxylation is 1. The van der Waals surface area contributed by atoms with E-state index in [1.54, 1.807) is 26.0 Å². The number of aliphatic hydroxyl groups excluding tert-OH is 1. The zero-order valence-electron chi connectivity index (χ0n) is 10.8. The fourth-order valence-electron chi connectivity index (χ4n) is 1.42. The first-order valence-electron chi connectivity index (χ1n) is 5.66. The quantitative estimate of drug-likeness (QED) is 0.808. The predicted octanol–water partition coefficient (Wildman–Crippen LogP) is 0.910. The molecule has 0 amide bonds. The summed E-state index contributed by atoms with van der Waals surface area (Å²) in [5.41, 5.74) is 0.760. The van der Waals surface area contributed by atoms with Crippen molar-refractivity contribution in [3.05, 3.63) is 23.8 Å². The predicted molar refractivity (Wildman–Crippen MR) is 69.2 cm³/mol. The monoisotopic (exact) mass is 273 g/mol. The maximum Gasteiger partial charge on any atom is 0.240 e. The van der Waals surface area contributed by atoms with Crippen LogP contribution in [0.3, 0.4) is 0 Å². The molecular weight excluding hydrogens is 254 g/mol. The molecule has 1 aromatic carbocycles. The molecule has 0 spiro atoms. The van der Waals surface area contributed by atoms with Gasteiger partial charge in [-0.15, -0.1) is 0 Å². The zero-order chi connectivity index (χ0) is 13.8. The second-order valence-corrected chi connectivity index (χ2v) is 6.04. The van der Waals surface area contributed by atoms with Crippen LogP contribution in [0.4, 0.5) is 0 Å². The van der Waals surface area contributed by atoms with E-state index in [0.717, 1.165) is 5.56 Å². The van der Waals surface area contributed by atoms with E-state index in [9.17, 15) is 8.42 Å². The molecule has 0 aromatic heterocycles. The van der Waals surface area contributed by atoms with Gasteiger partial charge >= 0.3 is 0 Å². The highest BCUT2D eigenvalue weighted by Crippen LogP contribution is 2.21. The average Bonchev–Trinajstić information content (AvgIpc) is 2.35. The minimum Gasteiger partial charge on any atom is -0.496 e. The van der Waals surface area contributed by atoms with E-state index in [0.29, 0.717) is 5.75 Å². The molecule has 0 fully saturated rings. The summed E-state index contributed by atoms with van der Waals surface area (Å²) in [4.78, 5) is 0.200. The molecule has 0 aliphatic rings. The number of ether oxygens (including phenoxy) is 1. The molecule has 0 saturated heterocycles. The van der Waals surface area contributed by atoms with Gasteiger partial charge in [-0.3, -0.25) is 0 Å². The van der Waals surface area contributed by atoms with Crippen LogP contribution in [-0.4, -0.2) is 33.8 Å². The highest BCUT2D eigenvalue weighted by Gasteiger charge is 2.16. The van der Waals surface area contributed by atoms with Gasteiger partial charge in [-0.05, 0) is 36.6 Å². The van der Waals surface area contributed by atoms with Crippen LogP contribution in [0.2, 0.25) is 0 Å². The van der Waals surface area contributed by atoms with Crippen LogP contribution in [0.5, 0.6) is 5.75 Å². The third-order valence-corrected chi connectivity index (χ3v) is 4.03. The van der Waals surface area contributed by atoms with Crippen molar-refractivity contribution in [1.29, 1.82) is 0 Å². The Morgan fingerprint density at radius 2 is 2.11 bits per heavy atom. The van der Waals surface area contributed by atoms with Gasteiger partial charge < -0.3 is 9.84 Å². The van der Waals surface area contributed by atoms with Crippen LogP contribution in [-0.2, 0) is 10.0 Å². The van der Waals surface area contributed by atoms with E-state index in [1.807, 2.05) is 0 Å². The molecule has 1 atom stereocenters. The molecule has 18 heavy (non-hydrogen) atoms. The Hall–Kier alpha value is -1.11. The first-order chi connectivity index (χ1) is 8.40. The van der Waals surface area contributed by atoms with Gasteiger partial charge in [0.05, 0.1) is 12.0 Å². The largest absolute Gasteiger partial charge is 0.496 e. The van der Waals surface area contributed by atoms with Crippen molar-refractivity contribution in [1.82, 2.24) is 4.72 Å². The molecule has 1 aromatic rings. The van der Waals surface area contributed by atoms with Crippen molar-refractivity contribution < 1.29 is 18.3 Å². The van der Waals surface area contributed by atoms with Crippen LogP contribution in [0.1, 0.15) is 12.5 Å². The molecule has 0 aliphatic heterocycles. The van der Waals surface area contributed by atoms with Gasteiger partial charge in [0.25, 0.3) is 0 Å². The number of hydrogen-bond acceptors (Lipinski definition) is 4. The van der Waals surface area contributed by atoms with Crippen molar-refractivity contribution in [3.8, 4) is 5.75 Å². The number of nitrogens with one attached hydrogen (secondary N) is 1. The lowest BCUT2D eigenvalue weighted by atomic mass is 10.2. The van der Waals surface area contributed by atoms with Crippen LogP contribution >= 0.6 is 0 Å². The van der Waals surface area contributed by atoms with Crippen LogP contribution in [0.25, 0.3) is 0 Å². The Morgan fingerprint density at radius 3 is 2.61 bits per heavy atom. The summed E-state index contributed by atoms with van der Waals surface area (Å²) in [6.07, 6.45) is 0. The lowest BCUT2D eigenvalue weighted by Gasteiger charge is -2.12. The van der Waals surface area contributed by atoms with Gasteiger partial charge in [-0.2, -0.15) is 0 Å². The molecular formula is C12H19NO4S. The topological polar surface area (TPSA) is 75.6 Å². The molecule has 0 radical (unpaired) electrons. The minimum atomic E-state index is -3.53. The fourth-order valence-corrected chi connectivity index (χ4v) is 2.67. The molecule has 102 valence electrons. The number of rotatable bonds is 6. The molecule has 0 heterocycles. The van der Waals surface area contributed by atoms with Crippen molar-refractivity contribution in [3.63, 3.8) is 0 Å². The molecule has 5 nitrogen and oxygen atoms in total. The second kappa shape index (κ2) is 6.17. The third-order valence-electron chi connectivity index (χ3n) is 2.61. The van der Waals surface area contributed by atoms with Crippen molar-refractivity contribution in [2.75, 3.05) is 20.3 Å². The highest BCUT2D eigenvalue weighted by molar-refractivity contribution is 7.89. The summed E-state index contributed by atoms with van der Waals surface area (Å²) in [7, 11) is -1.99. The molecule has 0 saturated carbocycles. The number of aliphatic hydroxyl groups is 1. The van der Waals surface area contributed by atoms with Crippen LogP contribution in [0.15, 0.2) is 23.1 Å². The van der Waals surface area contributed by atoms with Gasteiger partial charge in [0.2, 0.25) is 10.0 Å². The lowest BCUT2D eigenvalue weighted by Crippen LogP contribution is -2.29. The molecule has 0 bridgehead atoms. The molecule has 0 aliphatic carbocycles. The number of methoxy groups -OCH3 is 1. The summed E-state index contributed by atoms with van der Waals surface area (Å²) in [6.45, 7) is 3.71. The van der Waals surface area contributed by atoms with E-state index >= 15 is 0 Å². The molecule has 2 N–H and O–H groups in total. The summed E-state index contributed by atoms with van der Waals surface area (Å²) in [6, 6.07) is 4.68. The SMILES string of the molecule is COc1ccc(S(=O)(=O)NCC(C)CO)cc1C. The molecule has 6 heteroatoms. The Kier molecular flexibility index (Phi) is 5.13. The maximum absolute atomic E-state index is 12.0. The van der Waals surface area contributed by atoms with Crippen LogP contribution < -0.4 is 9.46 Å². The lowest BCUT2D eigenvalue weighted by molar-refractivity contribution is 0.238. The normalized spacial score (nSPS) is 13.3. The van der Waals surface area contributed by atoms with Crippen molar-refractivity contribution in [2.24, 2.45) is 5.92 Å². The first-order valence-corrected chi connectivity index (χ1v) is 7.14. The second-order valence-electron chi connectivity index (χ2n) is 4.27. The molecule has 1 unspecified atom stereocenters. The number of hydrogen-bond donors (Lipinski definition) is 2. The van der Waals surface area contributed by atoms with E-state index in [2.05, 4.69) is 4.72 Å². The Morgan fingerprint density at radius 1 is 1.44 bits per heavy atom. The summed E-state index contributed by atoms with van der Waals surface area (Å²) >= 11 is 0. The number of sulfonamides is 1. The highest BCUT2D eigenvalue weighted by atomic mass is 32.2. The van der Waals surface area contributed by atoms with E-state index in [4.69, 9.17) is 9.84 Å². The smallest absolute Gasteiger partial charge is 0.240 e. The van der Waals surface area contributed by atoms with Crippen molar-refractivity contribution >= 4 is 10.0 Å². The average molecular weight is 273 g/mol. The third kappa shape index (κ3) is 3.69. The van der Waals surface area contributed by atoms with Gasteiger partial charge in [0.15, 0.2) is 0 Å². The standard InChI is InChI=1S/C12H19NO4S/c1-9(8-14)7-13-18(15,16)11-4-5-12(17-3)10(2)6-11/h4-6,9,13-14H,7-8H2,1-3H3. The fraction of sp³-hybridized carbons (Fsp3) is 0.500. The van der Waals surface area contributed by atoms with Crippen molar-refractivity contribution in [2.45, 2.75) is 18.7 Å². The Bertz CT molecular complexity index is 499. The van der Waals surface area contributed by atoms with Gasteiger partial charge in [0.1, 0.15) is 5.75 Å². The zero-order valence-corrected chi connectivity index (χ0v) is 11.6. The number of benzene rings is 1. The van der Waals surface area contributed by atoms with E-state index < -0.39 is 10.0 Å². The van der Waals surface area contributed by atoms with E-state index in [1.165, 1.54) is 13.2 Å². The summed E-state index contributed by atoms with van der Waals surface area (Å²) in [5, 5.41) is 8.86. The Balaban J connectivity index is 2.88. The van der Waals surface area contributed by atoms with E-state index in [-0.39, 0.29) is 24.0 Å². The van der Waals surface area contributed by atoms with Crippen LogP contribution in [0, 0.1) is 12.8 Å².